The first-order valence-electron chi connectivity index (χ1n) is 11.6. The first kappa shape index (κ1) is 22.6. The van der Waals surface area contributed by atoms with Crippen molar-refractivity contribution < 1.29 is 28.6 Å². The van der Waals surface area contributed by atoms with Crippen LogP contribution in [0, 0.1) is 18.2 Å². The molecular formula is C25H25ClFN3O5. The summed E-state index contributed by atoms with van der Waals surface area (Å²) in [6.07, 6.45) is 0.657. The third kappa shape index (κ3) is 3.91. The van der Waals surface area contributed by atoms with Crippen LogP contribution in [0.15, 0.2) is 41.4 Å². The SMILES string of the molecule is Cc1ccc2c(c1)[C@H](O)C[C@H](C(=O)NC13CC(C4N=C(COc5ccc(Cl)c(F)c5)NO4)(C1)C3)O2. The van der Waals surface area contributed by atoms with E-state index < -0.39 is 18.0 Å². The number of fused-ring (bicyclic) bond motifs is 1. The Morgan fingerprint density at radius 2 is 2.11 bits per heavy atom. The van der Waals surface area contributed by atoms with Gasteiger partial charge in [-0.1, -0.05) is 23.2 Å². The molecule has 2 aliphatic heterocycles. The molecule has 5 aliphatic rings. The van der Waals surface area contributed by atoms with Crippen LogP contribution in [-0.2, 0) is 9.63 Å². The van der Waals surface area contributed by atoms with Crippen molar-refractivity contribution in [3.63, 3.8) is 0 Å². The lowest BCUT2D eigenvalue weighted by atomic mass is 9.38. The fourth-order valence-electron chi connectivity index (χ4n) is 5.70. The summed E-state index contributed by atoms with van der Waals surface area (Å²) in [4.78, 5) is 23.2. The van der Waals surface area contributed by atoms with Gasteiger partial charge in [0.15, 0.2) is 18.2 Å². The highest BCUT2D eigenvalue weighted by Crippen LogP contribution is 2.69. The molecule has 3 saturated carbocycles. The summed E-state index contributed by atoms with van der Waals surface area (Å²) in [6.45, 7) is 2.06. The number of carbonyl (C=O) groups is 1. The molecule has 3 N–H and O–H groups in total. The van der Waals surface area contributed by atoms with E-state index in [2.05, 4.69) is 15.8 Å². The Kier molecular flexibility index (Phi) is 5.21. The van der Waals surface area contributed by atoms with Crippen LogP contribution >= 0.6 is 11.6 Å². The van der Waals surface area contributed by atoms with Crippen LogP contribution in [0.5, 0.6) is 11.5 Å². The van der Waals surface area contributed by atoms with Crippen molar-refractivity contribution in [1.29, 1.82) is 0 Å². The summed E-state index contributed by atoms with van der Waals surface area (Å²) in [7, 11) is 0. The summed E-state index contributed by atoms with van der Waals surface area (Å²) >= 11 is 5.69. The highest BCUT2D eigenvalue weighted by molar-refractivity contribution is 6.30. The van der Waals surface area contributed by atoms with Crippen LogP contribution in [0.3, 0.4) is 0 Å². The molecule has 10 heteroatoms. The van der Waals surface area contributed by atoms with Crippen molar-refractivity contribution in [3.8, 4) is 11.5 Å². The first-order chi connectivity index (χ1) is 16.7. The molecule has 2 bridgehead atoms. The maximum atomic E-state index is 13.6. The van der Waals surface area contributed by atoms with E-state index in [9.17, 15) is 14.3 Å². The van der Waals surface area contributed by atoms with Crippen molar-refractivity contribution in [3.05, 3.63) is 58.4 Å². The van der Waals surface area contributed by atoms with E-state index in [0.29, 0.717) is 17.3 Å². The number of hydrogen-bond donors (Lipinski definition) is 3. The second kappa shape index (κ2) is 8.08. The highest BCUT2D eigenvalue weighted by Gasteiger charge is 2.73. The zero-order valence-corrected chi connectivity index (χ0v) is 19.8. The molecule has 2 aromatic carbocycles. The third-order valence-electron chi connectivity index (χ3n) is 7.33. The lowest BCUT2D eigenvalue weighted by Gasteiger charge is -2.71. The van der Waals surface area contributed by atoms with Gasteiger partial charge in [0.25, 0.3) is 5.91 Å². The molecule has 0 aromatic heterocycles. The average molecular weight is 502 g/mol. The smallest absolute Gasteiger partial charge is 0.261 e. The quantitative estimate of drug-likeness (QED) is 0.561. The van der Waals surface area contributed by atoms with Crippen molar-refractivity contribution >= 4 is 23.3 Å². The monoisotopic (exact) mass is 501 g/mol. The lowest BCUT2D eigenvalue weighted by Crippen LogP contribution is -2.78. The second-order valence-electron chi connectivity index (χ2n) is 10.1. The predicted octanol–water partition coefficient (Wildman–Crippen LogP) is 3.35. The van der Waals surface area contributed by atoms with Gasteiger partial charge in [-0.25, -0.2) is 19.7 Å². The number of aliphatic hydroxyl groups excluding tert-OH is 1. The predicted molar refractivity (Wildman–Crippen MR) is 125 cm³/mol. The number of ether oxygens (including phenoxy) is 2. The van der Waals surface area contributed by atoms with E-state index in [1.54, 1.807) is 12.1 Å². The number of halogens is 2. The van der Waals surface area contributed by atoms with Crippen molar-refractivity contribution in [2.75, 3.05) is 6.61 Å². The van der Waals surface area contributed by atoms with E-state index >= 15 is 0 Å². The van der Waals surface area contributed by atoms with Crippen LogP contribution in [0.2, 0.25) is 5.02 Å². The lowest BCUT2D eigenvalue weighted by molar-refractivity contribution is -0.229. The Bertz CT molecular complexity index is 1220. The molecule has 2 aromatic rings. The number of amidine groups is 1. The number of nitrogens with one attached hydrogen (secondary N) is 2. The Morgan fingerprint density at radius 3 is 2.89 bits per heavy atom. The molecule has 0 spiro atoms. The molecule has 8 nitrogen and oxygen atoms in total. The molecular weight excluding hydrogens is 477 g/mol. The van der Waals surface area contributed by atoms with E-state index in [0.717, 1.165) is 30.4 Å². The minimum Gasteiger partial charge on any atom is -0.486 e. The van der Waals surface area contributed by atoms with Gasteiger partial charge in [0, 0.05) is 29.0 Å². The maximum Gasteiger partial charge on any atom is 0.261 e. The molecule has 2 heterocycles. The molecule has 7 rings (SSSR count). The van der Waals surface area contributed by atoms with Crippen LogP contribution < -0.4 is 20.3 Å². The number of aliphatic hydroxyl groups is 1. The normalized spacial score (nSPS) is 32.2. The van der Waals surface area contributed by atoms with Crippen molar-refractivity contribution in [1.82, 2.24) is 10.8 Å². The van der Waals surface area contributed by atoms with Gasteiger partial charge in [-0.2, -0.15) is 0 Å². The van der Waals surface area contributed by atoms with Gasteiger partial charge in [0.05, 0.1) is 11.1 Å². The van der Waals surface area contributed by atoms with Gasteiger partial charge in [-0.15, -0.1) is 0 Å². The number of rotatable bonds is 6. The zero-order valence-electron chi connectivity index (χ0n) is 19.0. The van der Waals surface area contributed by atoms with E-state index in [-0.39, 0.29) is 41.1 Å². The molecule has 35 heavy (non-hydrogen) atoms. The van der Waals surface area contributed by atoms with Crippen LogP contribution in [-0.4, -0.2) is 41.3 Å². The second-order valence-corrected chi connectivity index (χ2v) is 10.5. The molecule has 3 atom stereocenters. The maximum absolute atomic E-state index is 13.6. The number of nitrogens with zero attached hydrogens (tertiary/aromatic N) is 1. The third-order valence-corrected chi connectivity index (χ3v) is 7.64. The number of carbonyl (C=O) groups excluding carboxylic acids is 1. The fourth-order valence-corrected chi connectivity index (χ4v) is 5.81. The number of amides is 1. The molecule has 184 valence electrons. The summed E-state index contributed by atoms with van der Waals surface area (Å²) in [6, 6.07) is 9.84. The van der Waals surface area contributed by atoms with Gasteiger partial charge >= 0.3 is 0 Å². The minimum absolute atomic E-state index is 0.0350. The largest absolute Gasteiger partial charge is 0.486 e. The number of benzene rings is 2. The number of aryl methyl sites for hydroxylation is 1. The summed E-state index contributed by atoms with van der Waals surface area (Å²) in [5.41, 5.74) is 4.14. The van der Waals surface area contributed by atoms with Gasteiger partial charge in [-0.3, -0.25) is 4.79 Å². The molecule has 3 aliphatic carbocycles. The molecule has 0 saturated heterocycles. The molecule has 3 fully saturated rings. The van der Waals surface area contributed by atoms with E-state index in [4.69, 9.17) is 25.9 Å². The van der Waals surface area contributed by atoms with Gasteiger partial charge < -0.3 is 19.9 Å². The molecule has 0 radical (unpaired) electrons. The minimum atomic E-state index is -0.730. The topological polar surface area (TPSA) is 101 Å². The Morgan fingerprint density at radius 1 is 1.31 bits per heavy atom. The molecule has 1 unspecified atom stereocenters. The Labute approximate surface area is 206 Å². The van der Waals surface area contributed by atoms with E-state index in [1.807, 2.05) is 19.1 Å². The van der Waals surface area contributed by atoms with Gasteiger partial charge in [-0.05, 0) is 50.5 Å². The highest BCUT2D eigenvalue weighted by atomic mass is 35.5. The molecule has 1 amide bonds. The Balaban J connectivity index is 1.02. The Hall–Kier alpha value is -2.88. The summed E-state index contributed by atoms with van der Waals surface area (Å²) < 4.78 is 25.0. The van der Waals surface area contributed by atoms with Crippen LogP contribution in [0.4, 0.5) is 4.39 Å². The average Bonchev–Trinajstić information content (AvgIpc) is 3.25. The van der Waals surface area contributed by atoms with Gasteiger partial charge in [0.1, 0.15) is 23.9 Å². The van der Waals surface area contributed by atoms with Crippen molar-refractivity contribution in [2.45, 2.75) is 56.6 Å². The number of hydroxylamine groups is 1. The van der Waals surface area contributed by atoms with Crippen LogP contribution in [0.1, 0.15) is 42.9 Å². The van der Waals surface area contributed by atoms with Crippen molar-refractivity contribution in [2.24, 2.45) is 10.4 Å². The fraction of sp³-hybridized carbons (Fsp3) is 0.440. The summed E-state index contributed by atoms with van der Waals surface area (Å²) in [5, 5.41) is 13.7. The number of hydrogen-bond acceptors (Lipinski definition) is 7. The van der Waals surface area contributed by atoms with E-state index in [1.165, 1.54) is 12.1 Å². The van der Waals surface area contributed by atoms with Crippen LogP contribution in [0.25, 0.3) is 0 Å². The van der Waals surface area contributed by atoms with Gasteiger partial charge in [0.2, 0.25) is 0 Å². The number of aliphatic imine (C=N–C) groups is 1. The zero-order chi connectivity index (χ0) is 24.4. The first-order valence-corrected chi connectivity index (χ1v) is 12.0. The standard InChI is InChI=1S/C25H25ClFN3O5/c1-13-2-5-19-15(6-13)18(31)8-20(34-19)22(32)29-25-10-24(11-25,12-25)23-28-21(30-35-23)9-33-14-3-4-16(26)17(27)7-14/h2-7,18,20,23,31H,8-12H2,1H3,(H,28,30)(H,29,32)/t18-,20-,23?,24?,25?/m1/s1. The summed E-state index contributed by atoms with van der Waals surface area (Å²) in [5.74, 6) is 0.668.